The van der Waals surface area contributed by atoms with E-state index in [1.165, 1.54) is 6.20 Å². The van der Waals surface area contributed by atoms with Gasteiger partial charge >= 0.3 is 0 Å². The summed E-state index contributed by atoms with van der Waals surface area (Å²) in [4.78, 5) is 8.02. The molecule has 0 aliphatic carbocycles. The van der Waals surface area contributed by atoms with Crippen molar-refractivity contribution < 1.29 is 0 Å². The van der Waals surface area contributed by atoms with Crippen molar-refractivity contribution in [2.75, 3.05) is 11.1 Å². The molecule has 5 heteroatoms. The summed E-state index contributed by atoms with van der Waals surface area (Å²) in [5.41, 5.74) is 6.52. The molecule has 82 valence electrons. The van der Waals surface area contributed by atoms with Crippen LogP contribution in [0.2, 0.25) is 5.02 Å². The van der Waals surface area contributed by atoms with Crippen LogP contribution < -0.4 is 11.1 Å². The zero-order valence-corrected chi connectivity index (χ0v) is 9.28. The molecule has 3 N–H and O–H groups in total. The Morgan fingerprint density at radius 3 is 2.81 bits per heavy atom. The molecule has 0 aliphatic rings. The lowest BCUT2D eigenvalue weighted by molar-refractivity contribution is 1.09. The monoisotopic (exact) mass is 234 g/mol. The normalized spacial score (nSPS) is 10.1. The summed E-state index contributed by atoms with van der Waals surface area (Å²) in [7, 11) is 0. The van der Waals surface area contributed by atoms with E-state index in [9.17, 15) is 0 Å². The highest BCUT2D eigenvalue weighted by Crippen LogP contribution is 2.12. The van der Waals surface area contributed by atoms with Gasteiger partial charge in [-0.05, 0) is 17.7 Å². The first-order valence-corrected chi connectivity index (χ1v) is 5.18. The molecule has 2 rings (SSSR count). The molecule has 1 heterocycles. The number of hydrogen-bond donors (Lipinski definition) is 2. The van der Waals surface area contributed by atoms with Crippen LogP contribution in [0.25, 0.3) is 0 Å². The van der Waals surface area contributed by atoms with E-state index in [0.717, 1.165) is 10.6 Å². The van der Waals surface area contributed by atoms with Crippen LogP contribution in [-0.4, -0.2) is 9.97 Å². The minimum Gasteiger partial charge on any atom is -0.382 e. The van der Waals surface area contributed by atoms with Gasteiger partial charge in [0.15, 0.2) is 0 Å². The first-order chi connectivity index (χ1) is 7.74. The lowest BCUT2D eigenvalue weighted by Gasteiger charge is -2.05. The van der Waals surface area contributed by atoms with Crippen LogP contribution in [0.4, 0.5) is 11.6 Å². The Morgan fingerprint density at radius 1 is 1.25 bits per heavy atom. The second-order valence-corrected chi connectivity index (χ2v) is 3.75. The molecule has 1 aromatic heterocycles. The molecule has 0 saturated carbocycles. The molecule has 0 fully saturated rings. The number of rotatable bonds is 3. The molecule has 0 radical (unpaired) electrons. The van der Waals surface area contributed by atoms with Crippen LogP contribution >= 0.6 is 11.6 Å². The highest BCUT2D eigenvalue weighted by atomic mass is 35.5. The Morgan fingerprint density at radius 2 is 2.12 bits per heavy atom. The van der Waals surface area contributed by atoms with Crippen molar-refractivity contribution in [1.29, 1.82) is 0 Å². The van der Waals surface area contributed by atoms with Crippen molar-refractivity contribution in [3.63, 3.8) is 0 Å². The average Bonchev–Trinajstić information content (AvgIpc) is 2.28. The minimum atomic E-state index is 0.410. The van der Waals surface area contributed by atoms with Gasteiger partial charge in [0.1, 0.15) is 11.6 Å². The van der Waals surface area contributed by atoms with E-state index in [-0.39, 0.29) is 0 Å². The van der Waals surface area contributed by atoms with Gasteiger partial charge in [-0.3, -0.25) is 0 Å². The van der Waals surface area contributed by atoms with Crippen LogP contribution in [0, 0.1) is 0 Å². The number of nitrogens with zero attached hydrogens (tertiary/aromatic N) is 2. The van der Waals surface area contributed by atoms with Gasteiger partial charge < -0.3 is 11.1 Å². The van der Waals surface area contributed by atoms with Gasteiger partial charge in [-0.15, -0.1) is 0 Å². The number of nitrogens with two attached hydrogens (primary N) is 1. The fraction of sp³-hybridized carbons (Fsp3) is 0.0909. The zero-order chi connectivity index (χ0) is 11.4. The molecule has 0 unspecified atom stereocenters. The average molecular weight is 235 g/mol. The third-order valence-electron chi connectivity index (χ3n) is 2.03. The largest absolute Gasteiger partial charge is 0.382 e. The maximum absolute atomic E-state index is 5.88. The first-order valence-electron chi connectivity index (χ1n) is 4.80. The Hall–Kier alpha value is -1.81. The summed E-state index contributed by atoms with van der Waals surface area (Å²) in [5, 5.41) is 3.85. The van der Waals surface area contributed by atoms with Crippen molar-refractivity contribution in [2.24, 2.45) is 0 Å². The van der Waals surface area contributed by atoms with Gasteiger partial charge in [0, 0.05) is 11.6 Å². The summed E-state index contributed by atoms with van der Waals surface area (Å²) in [5.74, 6) is 1.10. The molecule has 0 spiro atoms. The molecular weight excluding hydrogens is 224 g/mol. The molecule has 16 heavy (non-hydrogen) atoms. The summed E-state index contributed by atoms with van der Waals surface area (Å²) in [6.07, 6.45) is 3.11. The molecule has 0 saturated heterocycles. The second kappa shape index (κ2) is 4.81. The number of hydrogen-bond acceptors (Lipinski definition) is 4. The van der Waals surface area contributed by atoms with Gasteiger partial charge in [-0.25, -0.2) is 9.97 Å². The summed E-state index contributed by atoms with van der Waals surface area (Å²) in [6.45, 7) is 0.652. The van der Waals surface area contributed by atoms with Gasteiger partial charge in [0.2, 0.25) is 0 Å². The Labute approximate surface area is 98.5 Å². The topological polar surface area (TPSA) is 63.8 Å². The molecule has 0 bridgehead atoms. The van der Waals surface area contributed by atoms with Crippen LogP contribution in [-0.2, 0) is 6.54 Å². The number of halogens is 1. The van der Waals surface area contributed by atoms with E-state index in [1.807, 2.05) is 24.3 Å². The van der Waals surface area contributed by atoms with E-state index < -0.39 is 0 Å². The van der Waals surface area contributed by atoms with Crippen molar-refractivity contribution >= 4 is 23.2 Å². The van der Waals surface area contributed by atoms with Crippen LogP contribution in [0.15, 0.2) is 36.7 Å². The fourth-order valence-corrected chi connectivity index (χ4v) is 1.48. The van der Waals surface area contributed by atoms with Crippen LogP contribution in [0.3, 0.4) is 0 Å². The molecular formula is C11H11ClN4. The third kappa shape index (κ3) is 2.84. The highest BCUT2D eigenvalue weighted by molar-refractivity contribution is 6.30. The van der Waals surface area contributed by atoms with E-state index in [0.29, 0.717) is 18.2 Å². The summed E-state index contributed by atoms with van der Waals surface area (Å²) in [6, 6.07) is 7.64. The number of aromatic nitrogens is 2. The van der Waals surface area contributed by atoms with Crippen molar-refractivity contribution in [3.8, 4) is 0 Å². The third-order valence-corrected chi connectivity index (χ3v) is 2.27. The van der Waals surface area contributed by atoms with E-state index >= 15 is 0 Å². The second-order valence-electron chi connectivity index (χ2n) is 3.31. The Balaban J connectivity index is 1.99. The van der Waals surface area contributed by atoms with Gasteiger partial charge in [0.25, 0.3) is 0 Å². The maximum Gasteiger partial charge on any atom is 0.144 e. The lowest BCUT2D eigenvalue weighted by Crippen LogP contribution is -2.02. The Bertz CT molecular complexity index is 470. The summed E-state index contributed by atoms with van der Waals surface area (Å²) < 4.78 is 0. The first kappa shape index (κ1) is 10.7. The van der Waals surface area contributed by atoms with Crippen molar-refractivity contribution in [1.82, 2.24) is 9.97 Å². The number of nitrogen functional groups attached to an aromatic ring is 1. The summed E-state index contributed by atoms with van der Waals surface area (Å²) >= 11 is 5.88. The standard InChI is InChI=1S/C11H11ClN4/c12-9-3-1-2-8(4-9)5-15-11-7-14-10(13)6-16-11/h1-4,6-7H,5H2,(H2,13,14)(H,15,16). The van der Waals surface area contributed by atoms with Crippen LogP contribution in [0.5, 0.6) is 0 Å². The predicted molar refractivity (Wildman–Crippen MR) is 65.2 cm³/mol. The molecule has 0 atom stereocenters. The molecule has 2 aromatic rings. The number of nitrogens with one attached hydrogen (secondary N) is 1. The molecule has 0 aliphatic heterocycles. The van der Waals surface area contributed by atoms with Crippen LogP contribution in [0.1, 0.15) is 5.56 Å². The lowest BCUT2D eigenvalue weighted by atomic mass is 10.2. The van der Waals surface area contributed by atoms with Crippen molar-refractivity contribution in [3.05, 3.63) is 47.2 Å². The van der Waals surface area contributed by atoms with Gasteiger partial charge in [0.05, 0.1) is 12.4 Å². The molecule has 4 nitrogen and oxygen atoms in total. The van der Waals surface area contributed by atoms with Gasteiger partial charge in [-0.1, -0.05) is 23.7 Å². The Kier molecular flexibility index (Phi) is 3.22. The van der Waals surface area contributed by atoms with E-state index in [4.69, 9.17) is 17.3 Å². The quantitative estimate of drug-likeness (QED) is 0.856. The molecule has 0 amide bonds. The maximum atomic E-state index is 5.88. The SMILES string of the molecule is Nc1cnc(NCc2cccc(Cl)c2)cn1. The predicted octanol–water partition coefficient (Wildman–Crippen LogP) is 2.32. The van der Waals surface area contributed by atoms with Crippen molar-refractivity contribution in [2.45, 2.75) is 6.54 Å². The number of anilines is 2. The zero-order valence-electron chi connectivity index (χ0n) is 8.52. The molecule has 1 aromatic carbocycles. The van der Waals surface area contributed by atoms with E-state index in [1.54, 1.807) is 6.20 Å². The van der Waals surface area contributed by atoms with E-state index in [2.05, 4.69) is 15.3 Å². The minimum absolute atomic E-state index is 0.410. The smallest absolute Gasteiger partial charge is 0.144 e. The van der Waals surface area contributed by atoms with Gasteiger partial charge in [-0.2, -0.15) is 0 Å². The number of benzene rings is 1. The highest BCUT2D eigenvalue weighted by Gasteiger charge is 1.96. The fourth-order valence-electron chi connectivity index (χ4n) is 1.27.